The molecular formula is C22H23N3O2S. The lowest BCUT2D eigenvalue weighted by Gasteiger charge is -2.32. The van der Waals surface area contributed by atoms with E-state index >= 15 is 0 Å². The van der Waals surface area contributed by atoms with E-state index in [2.05, 4.69) is 21.4 Å². The van der Waals surface area contributed by atoms with Crippen molar-refractivity contribution in [2.24, 2.45) is 0 Å². The lowest BCUT2D eigenvalue weighted by molar-refractivity contribution is 0.0515. The van der Waals surface area contributed by atoms with E-state index in [-0.39, 0.29) is 12.0 Å². The normalized spacial score (nSPS) is 16.8. The highest BCUT2D eigenvalue weighted by molar-refractivity contribution is 7.13. The maximum Gasteiger partial charge on any atom is 0.317 e. The average Bonchev–Trinajstić information content (AvgIpc) is 3.22. The van der Waals surface area contributed by atoms with Crippen LogP contribution in [0.4, 0.5) is 0 Å². The summed E-state index contributed by atoms with van der Waals surface area (Å²) in [5.74, 6) is 0.0485. The third-order valence-electron chi connectivity index (χ3n) is 4.84. The Morgan fingerprint density at radius 3 is 2.57 bits per heavy atom. The Morgan fingerprint density at radius 1 is 1.14 bits per heavy atom. The van der Waals surface area contributed by atoms with Gasteiger partial charge in [-0.15, -0.1) is 11.3 Å². The highest BCUT2D eigenvalue weighted by Gasteiger charge is 2.26. The van der Waals surface area contributed by atoms with Gasteiger partial charge < -0.3 is 9.64 Å². The maximum absolute atomic E-state index is 12.9. The Morgan fingerprint density at radius 2 is 1.89 bits per heavy atom. The minimum absolute atomic E-state index is 0.0485. The first-order valence-corrected chi connectivity index (χ1v) is 10.4. The zero-order valence-electron chi connectivity index (χ0n) is 16.1. The third kappa shape index (κ3) is 4.22. The molecular weight excluding hydrogens is 370 g/mol. The Bertz CT molecular complexity index is 934. The van der Waals surface area contributed by atoms with E-state index in [0.717, 1.165) is 36.3 Å². The molecule has 0 aliphatic carbocycles. The standard InChI is InChI=1S/C22H23N3O2S/c1-15-13-16(2)24-22(23-15)27-19-5-3-11-25(14-19)21(26)18-9-7-17(8-10-18)20-6-4-12-28-20/h4,6-10,12-13,19H,3,5,11,14H2,1-2H3. The first-order valence-electron chi connectivity index (χ1n) is 9.50. The highest BCUT2D eigenvalue weighted by Crippen LogP contribution is 2.25. The van der Waals surface area contributed by atoms with Crippen molar-refractivity contribution in [3.05, 3.63) is 64.8 Å². The molecule has 1 aliphatic heterocycles. The van der Waals surface area contributed by atoms with E-state index in [4.69, 9.17) is 4.74 Å². The molecule has 6 heteroatoms. The predicted molar refractivity (Wildman–Crippen MR) is 111 cm³/mol. The first-order chi connectivity index (χ1) is 13.6. The number of benzene rings is 1. The minimum Gasteiger partial charge on any atom is -0.458 e. The number of aryl methyl sites for hydroxylation is 2. The van der Waals surface area contributed by atoms with Crippen molar-refractivity contribution in [3.63, 3.8) is 0 Å². The number of thiophene rings is 1. The van der Waals surface area contributed by atoms with E-state index in [0.29, 0.717) is 18.1 Å². The summed E-state index contributed by atoms with van der Waals surface area (Å²) in [6.07, 6.45) is 1.73. The molecule has 0 N–H and O–H groups in total. The van der Waals surface area contributed by atoms with Crippen molar-refractivity contribution in [2.45, 2.75) is 32.8 Å². The summed E-state index contributed by atoms with van der Waals surface area (Å²) in [5, 5.41) is 2.06. The number of hydrogen-bond donors (Lipinski definition) is 0. The molecule has 1 amide bonds. The zero-order valence-corrected chi connectivity index (χ0v) is 16.9. The number of amides is 1. The largest absolute Gasteiger partial charge is 0.458 e. The van der Waals surface area contributed by atoms with Gasteiger partial charge in [0.2, 0.25) is 0 Å². The van der Waals surface area contributed by atoms with Crippen LogP contribution in [0.25, 0.3) is 10.4 Å². The Hall–Kier alpha value is -2.73. The molecule has 1 saturated heterocycles. The number of rotatable bonds is 4. The number of aromatic nitrogens is 2. The Labute approximate surface area is 169 Å². The van der Waals surface area contributed by atoms with Crippen LogP contribution in [0, 0.1) is 13.8 Å². The van der Waals surface area contributed by atoms with Crippen molar-refractivity contribution in [1.82, 2.24) is 14.9 Å². The molecule has 1 atom stereocenters. The van der Waals surface area contributed by atoms with E-state index in [1.807, 2.05) is 55.1 Å². The van der Waals surface area contributed by atoms with Crippen LogP contribution in [0.2, 0.25) is 0 Å². The van der Waals surface area contributed by atoms with Gasteiger partial charge in [0.1, 0.15) is 6.10 Å². The molecule has 1 aliphatic rings. The number of hydrogen-bond acceptors (Lipinski definition) is 5. The molecule has 3 aromatic rings. The van der Waals surface area contributed by atoms with Crippen molar-refractivity contribution in [1.29, 1.82) is 0 Å². The van der Waals surface area contributed by atoms with Gasteiger partial charge in [0.15, 0.2) is 0 Å². The van der Waals surface area contributed by atoms with Gasteiger partial charge in [-0.1, -0.05) is 18.2 Å². The quantitative estimate of drug-likeness (QED) is 0.655. The first kappa shape index (κ1) is 18.6. The number of ether oxygens (including phenoxy) is 1. The SMILES string of the molecule is Cc1cc(C)nc(OC2CCCN(C(=O)c3ccc(-c4cccs4)cc3)C2)n1. The van der Waals surface area contributed by atoms with E-state index < -0.39 is 0 Å². The van der Waals surface area contributed by atoms with Gasteiger partial charge in [-0.25, -0.2) is 9.97 Å². The van der Waals surface area contributed by atoms with E-state index in [9.17, 15) is 4.79 Å². The monoisotopic (exact) mass is 393 g/mol. The maximum atomic E-state index is 12.9. The highest BCUT2D eigenvalue weighted by atomic mass is 32.1. The number of likely N-dealkylation sites (tertiary alicyclic amines) is 1. The molecule has 0 saturated carbocycles. The topological polar surface area (TPSA) is 55.3 Å². The van der Waals surface area contributed by atoms with Crippen molar-refractivity contribution >= 4 is 17.2 Å². The number of nitrogens with zero attached hydrogens (tertiary/aromatic N) is 3. The summed E-state index contributed by atoms with van der Waals surface area (Å²) in [5.41, 5.74) is 3.62. The molecule has 4 rings (SSSR count). The van der Waals surface area contributed by atoms with Gasteiger partial charge in [-0.2, -0.15) is 0 Å². The molecule has 1 aromatic carbocycles. The fourth-order valence-corrected chi connectivity index (χ4v) is 4.25. The molecule has 0 bridgehead atoms. The van der Waals surface area contributed by atoms with Crippen LogP contribution < -0.4 is 4.74 Å². The van der Waals surface area contributed by atoms with Gasteiger partial charge in [-0.3, -0.25) is 4.79 Å². The van der Waals surface area contributed by atoms with E-state index in [1.165, 1.54) is 4.88 Å². The second-order valence-electron chi connectivity index (χ2n) is 7.12. The summed E-state index contributed by atoms with van der Waals surface area (Å²) in [4.78, 5) is 24.7. The molecule has 0 radical (unpaired) electrons. The second-order valence-corrected chi connectivity index (χ2v) is 8.07. The van der Waals surface area contributed by atoms with Crippen LogP contribution in [-0.2, 0) is 0 Å². The summed E-state index contributed by atoms with van der Waals surface area (Å²) >= 11 is 1.70. The Balaban J connectivity index is 1.43. The van der Waals surface area contributed by atoms with Gasteiger partial charge in [0, 0.05) is 28.4 Å². The second kappa shape index (κ2) is 8.10. The molecule has 28 heavy (non-hydrogen) atoms. The van der Waals surface area contributed by atoms with Crippen molar-refractivity contribution in [3.8, 4) is 16.5 Å². The predicted octanol–water partition coefficient (Wildman–Crippen LogP) is 4.51. The van der Waals surface area contributed by atoms with Crippen LogP contribution in [-0.4, -0.2) is 40.0 Å². The summed E-state index contributed by atoms with van der Waals surface area (Å²) < 4.78 is 5.99. The molecule has 3 heterocycles. The fraction of sp³-hybridized carbons (Fsp3) is 0.318. The van der Waals surface area contributed by atoms with E-state index in [1.54, 1.807) is 11.3 Å². The van der Waals surface area contributed by atoms with Crippen LogP contribution in [0.3, 0.4) is 0 Å². The minimum atomic E-state index is -0.0794. The van der Waals surface area contributed by atoms with Crippen LogP contribution in [0.15, 0.2) is 47.8 Å². The molecule has 1 unspecified atom stereocenters. The average molecular weight is 394 g/mol. The zero-order chi connectivity index (χ0) is 19.5. The molecule has 1 fully saturated rings. The van der Waals surface area contributed by atoms with Crippen LogP contribution in [0.5, 0.6) is 6.01 Å². The van der Waals surface area contributed by atoms with Crippen molar-refractivity contribution in [2.75, 3.05) is 13.1 Å². The lowest BCUT2D eigenvalue weighted by atomic mass is 10.1. The van der Waals surface area contributed by atoms with Gasteiger partial charge in [0.25, 0.3) is 5.91 Å². The molecule has 144 valence electrons. The van der Waals surface area contributed by atoms with Gasteiger partial charge in [-0.05, 0) is 61.9 Å². The lowest BCUT2D eigenvalue weighted by Crippen LogP contribution is -2.44. The third-order valence-corrected chi connectivity index (χ3v) is 5.76. The summed E-state index contributed by atoms with van der Waals surface area (Å²) in [6.45, 7) is 5.16. The van der Waals surface area contributed by atoms with Crippen LogP contribution >= 0.6 is 11.3 Å². The van der Waals surface area contributed by atoms with Gasteiger partial charge >= 0.3 is 6.01 Å². The van der Waals surface area contributed by atoms with Crippen LogP contribution in [0.1, 0.15) is 34.6 Å². The van der Waals surface area contributed by atoms with Gasteiger partial charge in [0.05, 0.1) is 6.54 Å². The summed E-state index contributed by atoms with van der Waals surface area (Å²) in [7, 11) is 0. The Kier molecular flexibility index (Phi) is 5.39. The van der Waals surface area contributed by atoms with Crippen molar-refractivity contribution < 1.29 is 9.53 Å². The summed E-state index contributed by atoms with van der Waals surface area (Å²) in [6, 6.07) is 14.3. The molecule has 0 spiro atoms. The molecule has 5 nitrogen and oxygen atoms in total. The number of carbonyl (C=O) groups is 1. The smallest absolute Gasteiger partial charge is 0.317 e. The number of carbonyl (C=O) groups excluding carboxylic acids is 1. The number of piperidine rings is 1. The fourth-order valence-electron chi connectivity index (χ4n) is 3.52. The molecule has 2 aromatic heterocycles.